The summed E-state index contributed by atoms with van der Waals surface area (Å²) < 4.78 is 6.98. The Hall–Kier alpha value is -4.12. The number of hydrogen-bond acceptors (Lipinski definition) is 8. The minimum Gasteiger partial charge on any atom is -0.496 e. The van der Waals surface area contributed by atoms with E-state index in [2.05, 4.69) is 25.4 Å². The summed E-state index contributed by atoms with van der Waals surface area (Å²) in [7, 11) is 3.31. The Balaban J connectivity index is 1.35. The molecule has 0 saturated heterocycles. The molecule has 0 unspecified atom stereocenters. The van der Waals surface area contributed by atoms with Crippen molar-refractivity contribution in [1.82, 2.24) is 29.6 Å². The van der Waals surface area contributed by atoms with Crippen molar-refractivity contribution in [2.24, 2.45) is 7.05 Å². The van der Waals surface area contributed by atoms with Gasteiger partial charge in [0.2, 0.25) is 5.82 Å². The molecule has 4 aromatic rings. The van der Waals surface area contributed by atoms with E-state index in [-0.39, 0.29) is 17.6 Å². The summed E-state index contributed by atoms with van der Waals surface area (Å²) in [5.74, 6) is 0.263. The predicted octanol–water partition coefficient (Wildman–Crippen LogP) is 3.06. The Kier molecular flexibility index (Phi) is 5.54. The largest absolute Gasteiger partial charge is 0.496 e. The lowest BCUT2D eigenvalue weighted by Gasteiger charge is -2.14. The molecule has 1 N–H and O–H groups in total. The Bertz CT molecular complexity index is 1390. The molecule has 0 fully saturated rings. The van der Waals surface area contributed by atoms with Gasteiger partial charge in [0.05, 0.1) is 36.3 Å². The van der Waals surface area contributed by atoms with Crippen LogP contribution in [0.5, 0.6) is 5.75 Å². The molecule has 0 radical (unpaired) electrons. The molecule has 4 heterocycles. The Labute approximate surface area is 199 Å². The Morgan fingerprint density at radius 1 is 1.15 bits per heavy atom. The number of methoxy groups -OCH3 is 1. The molecule has 5 rings (SSSR count). The van der Waals surface area contributed by atoms with Gasteiger partial charge >= 0.3 is 0 Å². The van der Waals surface area contributed by atoms with Gasteiger partial charge in [-0.3, -0.25) is 24.6 Å². The second-order valence-corrected chi connectivity index (χ2v) is 8.90. The van der Waals surface area contributed by atoms with Gasteiger partial charge in [0, 0.05) is 30.1 Å². The minimum atomic E-state index is -0.313. The molecule has 0 bridgehead atoms. The van der Waals surface area contributed by atoms with Crippen LogP contribution in [0.3, 0.4) is 0 Å². The van der Waals surface area contributed by atoms with Crippen LogP contribution in [-0.2, 0) is 20.1 Å². The SMILES string of the molecule is COc1ccccc1-c1cc(C)ncc1C(=O)Nc1nc2c(s1)CN(C(=O)c1ncn(C)n1)C2. The molecule has 0 saturated carbocycles. The number of carbonyl (C=O) groups is 2. The number of fused-ring (bicyclic) bond motifs is 1. The van der Waals surface area contributed by atoms with Crippen molar-refractivity contribution in [1.29, 1.82) is 0 Å². The minimum absolute atomic E-state index is 0.155. The average Bonchev–Trinajstić information content (AvgIpc) is 3.53. The van der Waals surface area contributed by atoms with Crippen LogP contribution in [-0.4, -0.2) is 48.6 Å². The van der Waals surface area contributed by atoms with E-state index in [9.17, 15) is 9.59 Å². The molecular weight excluding hydrogens is 454 g/mol. The van der Waals surface area contributed by atoms with Gasteiger partial charge in [-0.05, 0) is 19.1 Å². The van der Waals surface area contributed by atoms with Gasteiger partial charge < -0.3 is 9.64 Å². The quantitative estimate of drug-likeness (QED) is 0.472. The molecule has 1 aromatic carbocycles. The van der Waals surface area contributed by atoms with Gasteiger partial charge in [-0.25, -0.2) is 9.97 Å². The number of pyridine rings is 1. The first-order valence-corrected chi connectivity index (χ1v) is 11.3. The van der Waals surface area contributed by atoms with Gasteiger partial charge in [0.25, 0.3) is 11.8 Å². The third kappa shape index (κ3) is 4.01. The van der Waals surface area contributed by atoms with Crippen LogP contribution in [0, 0.1) is 6.92 Å². The van der Waals surface area contributed by atoms with E-state index in [1.807, 2.05) is 37.3 Å². The summed E-state index contributed by atoms with van der Waals surface area (Å²) in [6.45, 7) is 2.62. The molecule has 0 aliphatic carbocycles. The first-order chi connectivity index (χ1) is 16.4. The maximum absolute atomic E-state index is 13.2. The number of rotatable bonds is 5. The lowest BCUT2D eigenvalue weighted by atomic mass is 9.99. The topological polar surface area (TPSA) is 115 Å². The monoisotopic (exact) mass is 475 g/mol. The number of hydrogen-bond donors (Lipinski definition) is 1. The van der Waals surface area contributed by atoms with E-state index in [4.69, 9.17) is 4.74 Å². The lowest BCUT2D eigenvalue weighted by molar-refractivity contribution is 0.0738. The number of aromatic nitrogens is 5. The molecule has 34 heavy (non-hydrogen) atoms. The number of nitrogens with zero attached hydrogens (tertiary/aromatic N) is 6. The predicted molar refractivity (Wildman–Crippen MR) is 126 cm³/mol. The second kappa shape index (κ2) is 8.67. The number of carbonyl (C=O) groups excluding carboxylic acids is 2. The highest BCUT2D eigenvalue weighted by molar-refractivity contribution is 7.16. The molecule has 1 aliphatic heterocycles. The number of ether oxygens (including phenoxy) is 1. The van der Waals surface area contributed by atoms with Crippen LogP contribution in [0.25, 0.3) is 11.1 Å². The van der Waals surface area contributed by atoms with Crippen LogP contribution < -0.4 is 10.1 Å². The number of amides is 2. The highest BCUT2D eigenvalue weighted by Gasteiger charge is 2.30. The third-order valence-electron chi connectivity index (χ3n) is 5.43. The van der Waals surface area contributed by atoms with Crippen molar-refractivity contribution in [2.75, 3.05) is 12.4 Å². The van der Waals surface area contributed by atoms with E-state index in [0.717, 1.165) is 27.4 Å². The summed E-state index contributed by atoms with van der Waals surface area (Å²) in [5.41, 5.74) is 3.50. The first-order valence-electron chi connectivity index (χ1n) is 10.5. The standard InChI is InChI=1S/C23H21N7O3S/c1-13-8-15(14-6-4-5-7-18(14)33-3)16(9-24-13)21(31)27-23-26-17-10-30(11-19(17)34-23)22(32)20-25-12-29(2)28-20/h4-9,12H,10-11H2,1-3H3,(H,26,27,31). The van der Waals surface area contributed by atoms with Gasteiger partial charge in [-0.1, -0.05) is 29.5 Å². The van der Waals surface area contributed by atoms with Crippen molar-refractivity contribution < 1.29 is 14.3 Å². The molecule has 3 aromatic heterocycles. The smallest absolute Gasteiger partial charge is 0.294 e. The number of anilines is 1. The fourth-order valence-electron chi connectivity index (χ4n) is 3.81. The summed E-state index contributed by atoms with van der Waals surface area (Å²) in [6.07, 6.45) is 3.05. The molecular formula is C23H21N7O3S. The Morgan fingerprint density at radius 2 is 1.97 bits per heavy atom. The van der Waals surface area contributed by atoms with E-state index >= 15 is 0 Å². The van der Waals surface area contributed by atoms with Gasteiger partial charge in [0.15, 0.2) is 5.13 Å². The number of thiazole rings is 1. The van der Waals surface area contributed by atoms with Crippen molar-refractivity contribution in [2.45, 2.75) is 20.0 Å². The summed E-state index contributed by atoms with van der Waals surface area (Å²) >= 11 is 1.35. The van der Waals surface area contributed by atoms with Crippen molar-refractivity contribution in [3.63, 3.8) is 0 Å². The third-order valence-corrected chi connectivity index (χ3v) is 6.43. The zero-order valence-electron chi connectivity index (χ0n) is 18.8. The molecule has 172 valence electrons. The van der Waals surface area contributed by atoms with E-state index < -0.39 is 0 Å². The average molecular weight is 476 g/mol. The molecule has 0 spiro atoms. The number of aryl methyl sites for hydroxylation is 2. The van der Waals surface area contributed by atoms with Gasteiger partial charge in [-0.15, -0.1) is 5.10 Å². The van der Waals surface area contributed by atoms with Crippen LogP contribution in [0.2, 0.25) is 0 Å². The van der Waals surface area contributed by atoms with E-state index in [0.29, 0.717) is 29.5 Å². The van der Waals surface area contributed by atoms with Gasteiger partial charge in [0.1, 0.15) is 12.1 Å². The molecule has 1 aliphatic rings. The van der Waals surface area contributed by atoms with Crippen LogP contribution in [0.15, 0.2) is 42.9 Å². The summed E-state index contributed by atoms with van der Waals surface area (Å²) in [5, 5.41) is 7.44. The summed E-state index contributed by atoms with van der Waals surface area (Å²) in [6, 6.07) is 9.40. The molecule has 10 nitrogen and oxygen atoms in total. The van der Waals surface area contributed by atoms with Crippen LogP contribution in [0.4, 0.5) is 5.13 Å². The lowest BCUT2D eigenvalue weighted by Crippen LogP contribution is -2.26. The van der Waals surface area contributed by atoms with Crippen molar-refractivity contribution in [3.05, 3.63) is 70.5 Å². The zero-order valence-corrected chi connectivity index (χ0v) is 19.6. The number of nitrogens with one attached hydrogen (secondary N) is 1. The molecule has 2 amide bonds. The van der Waals surface area contributed by atoms with Gasteiger partial charge in [-0.2, -0.15) is 0 Å². The molecule has 11 heteroatoms. The van der Waals surface area contributed by atoms with Crippen molar-refractivity contribution >= 4 is 28.3 Å². The molecule has 0 atom stereocenters. The first kappa shape index (κ1) is 21.7. The van der Waals surface area contributed by atoms with E-state index in [1.165, 1.54) is 22.3 Å². The fraction of sp³-hybridized carbons (Fsp3) is 0.217. The highest BCUT2D eigenvalue weighted by atomic mass is 32.1. The summed E-state index contributed by atoms with van der Waals surface area (Å²) in [4.78, 5) is 41.2. The maximum atomic E-state index is 13.2. The van der Waals surface area contributed by atoms with Crippen LogP contribution in [0.1, 0.15) is 37.2 Å². The maximum Gasteiger partial charge on any atom is 0.294 e. The number of benzene rings is 1. The fourth-order valence-corrected chi connectivity index (χ4v) is 4.79. The van der Waals surface area contributed by atoms with E-state index in [1.54, 1.807) is 25.3 Å². The highest BCUT2D eigenvalue weighted by Crippen LogP contribution is 2.34. The normalized spacial score (nSPS) is 12.5. The zero-order chi connectivity index (χ0) is 23.8. The number of para-hydroxylation sites is 1. The Morgan fingerprint density at radius 3 is 2.71 bits per heavy atom. The second-order valence-electron chi connectivity index (χ2n) is 7.82. The van der Waals surface area contributed by atoms with Crippen LogP contribution >= 0.6 is 11.3 Å². The van der Waals surface area contributed by atoms with Crippen molar-refractivity contribution in [3.8, 4) is 16.9 Å².